The van der Waals surface area contributed by atoms with E-state index in [-0.39, 0.29) is 0 Å². The highest BCUT2D eigenvalue weighted by Crippen LogP contribution is 2.23. The molecule has 0 amide bonds. The molecule has 1 aromatic carbocycles. The highest BCUT2D eigenvalue weighted by atomic mass is 79.9. The average molecular weight is 242 g/mol. The maximum absolute atomic E-state index is 3.59. The molecular formula is C11H16BrN. The summed E-state index contributed by atoms with van der Waals surface area (Å²) in [6, 6.07) is 4.35. The van der Waals surface area contributed by atoms with Crippen molar-refractivity contribution in [1.29, 1.82) is 0 Å². The van der Waals surface area contributed by atoms with Gasteiger partial charge in [-0.2, -0.15) is 0 Å². The summed E-state index contributed by atoms with van der Waals surface area (Å²) in [6.07, 6.45) is 0. The van der Waals surface area contributed by atoms with Crippen LogP contribution in [0.3, 0.4) is 0 Å². The molecule has 0 aliphatic heterocycles. The lowest BCUT2D eigenvalue weighted by Crippen LogP contribution is -2.12. The number of hydrogen-bond donors (Lipinski definition) is 1. The minimum absolute atomic E-state index is 0.960. The van der Waals surface area contributed by atoms with Gasteiger partial charge >= 0.3 is 0 Å². The summed E-state index contributed by atoms with van der Waals surface area (Å²) in [4.78, 5) is 0. The lowest BCUT2D eigenvalue weighted by molar-refractivity contribution is 0.723. The van der Waals surface area contributed by atoms with Gasteiger partial charge < -0.3 is 5.32 Å². The van der Waals surface area contributed by atoms with Crippen molar-refractivity contribution in [3.8, 4) is 0 Å². The largest absolute Gasteiger partial charge is 0.313 e. The smallest absolute Gasteiger partial charge is 0.0236 e. The van der Waals surface area contributed by atoms with Crippen LogP contribution in [0.2, 0.25) is 0 Å². The van der Waals surface area contributed by atoms with E-state index >= 15 is 0 Å². The molecule has 0 heterocycles. The van der Waals surface area contributed by atoms with Crippen LogP contribution in [0.25, 0.3) is 0 Å². The fourth-order valence-corrected chi connectivity index (χ4v) is 1.70. The number of nitrogens with one attached hydrogen (secondary N) is 1. The molecule has 0 saturated carbocycles. The second-order valence-electron chi connectivity index (χ2n) is 3.26. The van der Waals surface area contributed by atoms with Gasteiger partial charge in [-0.05, 0) is 37.1 Å². The summed E-state index contributed by atoms with van der Waals surface area (Å²) in [7, 11) is 0. The quantitative estimate of drug-likeness (QED) is 0.858. The Balaban J connectivity index is 2.90. The number of halogens is 1. The van der Waals surface area contributed by atoms with E-state index in [1.807, 2.05) is 0 Å². The van der Waals surface area contributed by atoms with Crippen LogP contribution in [0.1, 0.15) is 23.6 Å². The first kappa shape index (κ1) is 10.7. The van der Waals surface area contributed by atoms with Gasteiger partial charge in [0.05, 0.1) is 0 Å². The van der Waals surface area contributed by atoms with Crippen molar-refractivity contribution in [2.45, 2.75) is 27.3 Å². The fraction of sp³-hybridized carbons (Fsp3) is 0.455. The Kier molecular flexibility index (Phi) is 3.94. The Morgan fingerprint density at radius 1 is 1.31 bits per heavy atom. The molecule has 0 saturated heterocycles. The number of hydrogen-bond acceptors (Lipinski definition) is 1. The molecule has 0 unspecified atom stereocenters. The topological polar surface area (TPSA) is 12.0 Å². The van der Waals surface area contributed by atoms with Crippen molar-refractivity contribution in [2.24, 2.45) is 0 Å². The van der Waals surface area contributed by atoms with Crippen LogP contribution >= 0.6 is 15.9 Å². The second kappa shape index (κ2) is 4.77. The highest BCUT2D eigenvalue weighted by Gasteiger charge is 2.03. The van der Waals surface area contributed by atoms with Crippen molar-refractivity contribution >= 4 is 15.9 Å². The van der Waals surface area contributed by atoms with Gasteiger partial charge in [0.1, 0.15) is 0 Å². The highest BCUT2D eigenvalue weighted by molar-refractivity contribution is 9.10. The van der Waals surface area contributed by atoms with Crippen molar-refractivity contribution in [3.63, 3.8) is 0 Å². The Bertz CT molecular complexity index is 294. The van der Waals surface area contributed by atoms with E-state index in [1.54, 1.807) is 0 Å². The molecule has 0 aromatic heterocycles. The molecule has 0 fully saturated rings. The lowest BCUT2D eigenvalue weighted by Gasteiger charge is -2.09. The molecule has 0 aliphatic rings. The molecule has 1 N–H and O–H groups in total. The molecule has 0 spiro atoms. The van der Waals surface area contributed by atoms with Gasteiger partial charge in [-0.15, -0.1) is 0 Å². The molecule has 1 nitrogen and oxygen atoms in total. The molecule has 1 rings (SSSR count). The second-order valence-corrected chi connectivity index (χ2v) is 4.05. The van der Waals surface area contributed by atoms with Gasteiger partial charge in [0.2, 0.25) is 0 Å². The Morgan fingerprint density at radius 3 is 2.62 bits per heavy atom. The van der Waals surface area contributed by atoms with Crippen LogP contribution in [0.15, 0.2) is 16.6 Å². The Labute approximate surface area is 88.7 Å². The van der Waals surface area contributed by atoms with E-state index in [1.165, 1.54) is 21.2 Å². The molecule has 0 bridgehead atoms. The van der Waals surface area contributed by atoms with Crippen molar-refractivity contribution < 1.29 is 0 Å². The maximum Gasteiger partial charge on any atom is 0.0236 e. The van der Waals surface area contributed by atoms with Gasteiger partial charge in [0, 0.05) is 11.0 Å². The molecule has 1 aromatic rings. The predicted octanol–water partition coefficient (Wildman–Crippen LogP) is 3.18. The molecule has 0 radical (unpaired) electrons. The monoisotopic (exact) mass is 241 g/mol. The predicted molar refractivity (Wildman–Crippen MR) is 61.0 cm³/mol. The standard InChI is InChI=1S/C11H16BrN/c1-4-13-7-10-6-5-8(2)11(12)9(10)3/h5-6,13H,4,7H2,1-3H3. The summed E-state index contributed by atoms with van der Waals surface area (Å²) in [5.41, 5.74) is 4.03. The zero-order valence-electron chi connectivity index (χ0n) is 8.45. The van der Waals surface area contributed by atoms with Crippen LogP contribution in [-0.4, -0.2) is 6.54 Å². The number of aryl methyl sites for hydroxylation is 1. The first-order chi connectivity index (χ1) is 6.16. The molecule has 2 heteroatoms. The minimum atomic E-state index is 0.960. The first-order valence-electron chi connectivity index (χ1n) is 4.62. The summed E-state index contributed by atoms with van der Waals surface area (Å²) >= 11 is 3.59. The van der Waals surface area contributed by atoms with E-state index in [0.717, 1.165) is 13.1 Å². The molecule has 13 heavy (non-hydrogen) atoms. The minimum Gasteiger partial charge on any atom is -0.313 e. The van der Waals surface area contributed by atoms with Crippen LogP contribution in [0, 0.1) is 13.8 Å². The first-order valence-corrected chi connectivity index (χ1v) is 5.41. The van der Waals surface area contributed by atoms with Crippen LogP contribution < -0.4 is 5.32 Å². The Hall–Kier alpha value is -0.340. The van der Waals surface area contributed by atoms with Crippen LogP contribution in [0.4, 0.5) is 0 Å². The number of rotatable bonds is 3. The molecule has 0 atom stereocenters. The molecule has 0 aliphatic carbocycles. The SMILES string of the molecule is CCNCc1ccc(C)c(Br)c1C. The summed E-state index contributed by atoms with van der Waals surface area (Å²) in [6.45, 7) is 8.38. The summed E-state index contributed by atoms with van der Waals surface area (Å²) < 4.78 is 1.24. The maximum atomic E-state index is 3.59. The van der Waals surface area contributed by atoms with E-state index in [0.29, 0.717) is 0 Å². The van der Waals surface area contributed by atoms with Crippen molar-refractivity contribution in [2.75, 3.05) is 6.54 Å². The van der Waals surface area contributed by atoms with Crippen LogP contribution in [0.5, 0.6) is 0 Å². The fourth-order valence-electron chi connectivity index (χ4n) is 1.31. The van der Waals surface area contributed by atoms with Crippen molar-refractivity contribution in [1.82, 2.24) is 5.32 Å². The zero-order valence-corrected chi connectivity index (χ0v) is 10.0. The third-order valence-electron chi connectivity index (χ3n) is 2.26. The van der Waals surface area contributed by atoms with Gasteiger partial charge in [-0.3, -0.25) is 0 Å². The summed E-state index contributed by atoms with van der Waals surface area (Å²) in [5, 5.41) is 3.33. The van der Waals surface area contributed by atoms with Gasteiger partial charge in [0.15, 0.2) is 0 Å². The van der Waals surface area contributed by atoms with E-state index in [9.17, 15) is 0 Å². The van der Waals surface area contributed by atoms with E-state index in [2.05, 4.69) is 54.2 Å². The Morgan fingerprint density at radius 2 is 2.00 bits per heavy atom. The van der Waals surface area contributed by atoms with Gasteiger partial charge in [0.25, 0.3) is 0 Å². The normalized spacial score (nSPS) is 10.5. The van der Waals surface area contributed by atoms with Gasteiger partial charge in [-0.1, -0.05) is 35.0 Å². The van der Waals surface area contributed by atoms with Crippen LogP contribution in [-0.2, 0) is 6.54 Å². The number of benzene rings is 1. The van der Waals surface area contributed by atoms with E-state index < -0.39 is 0 Å². The third-order valence-corrected chi connectivity index (χ3v) is 3.48. The van der Waals surface area contributed by atoms with Crippen molar-refractivity contribution in [3.05, 3.63) is 33.3 Å². The third kappa shape index (κ3) is 2.55. The molecule has 72 valence electrons. The van der Waals surface area contributed by atoms with Gasteiger partial charge in [-0.25, -0.2) is 0 Å². The zero-order chi connectivity index (χ0) is 9.84. The summed E-state index contributed by atoms with van der Waals surface area (Å²) in [5.74, 6) is 0. The van der Waals surface area contributed by atoms with E-state index in [4.69, 9.17) is 0 Å². The lowest BCUT2D eigenvalue weighted by atomic mass is 10.1. The average Bonchev–Trinajstić information content (AvgIpc) is 2.13. The molecular weight excluding hydrogens is 226 g/mol.